The van der Waals surface area contributed by atoms with E-state index in [9.17, 15) is 0 Å². The zero-order valence-corrected chi connectivity index (χ0v) is 7.06. The molecule has 1 rings (SSSR count). The van der Waals surface area contributed by atoms with E-state index in [2.05, 4.69) is 5.16 Å². The number of hydrogen-bond acceptors (Lipinski definition) is 4. The van der Waals surface area contributed by atoms with E-state index >= 15 is 0 Å². The number of amidine groups is 1. The Kier molecular flexibility index (Phi) is 2.59. The Hall–Kier alpha value is -1.91. The van der Waals surface area contributed by atoms with E-state index in [1.54, 1.807) is 0 Å². The predicted molar refractivity (Wildman–Crippen MR) is 47.2 cm³/mol. The van der Waals surface area contributed by atoms with Crippen molar-refractivity contribution in [3.05, 3.63) is 23.8 Å². The molecule has 1 aromatic carbocycles. The molecular formula is C8H10N2O3. The summed E-state index contributed by atoms with van der Waals surface area (Å²) in [6, 6.07) is 4.31. The molecule has 0 unspecified atom stereocenters. The van der Waals surface area contributed by atoms with E-state index in [-0.39, 0.29) is 11.6 Å². The van der Waals surface area contributed by atoms with E-state index < -0.39 is 0 Å². The molecule has 0 heterocycles. The summed E-state index contributed by atoms with van der Waals surface area (Å²) in [5.74, 6) is 0.360. The molecule has 0 aliphatic heterocycles. The van der Waals surface area contributed by atoms with Crippen molar-refractivity contribution in [2.45, 2.75) is 0 Å². The number of phenols is 1. The number of aromatic hydroxyl groups is 1. The molecule has 5 nitrogen and oxygen atoms in total. The Morgan fingerprint density at radius 3 is 2.77 bits per heavy atom. The molecular weight excluding hydrogens is 172 g/mol. The SMILES string of the molecule is COc1cc(O)ccc1/C(N)=N/O. The van der Waals surface area contributed by atoms with Gasteiger partial charge in [0.2, 0.25) is 0 Å². The molecule has 5 heteroatoms. The fourth-order valence-corrected chi connectivity index (χ4v) is 0.945. The number of methoxy groups -OCH3 is 1. The summed E-state index contributed by atoms with van der Waals surface area (Å²) >= 11 is 0. The Morgan fingerprint density at radius 1 is 1.54 bits per heavy atom. The summed E-state index contributed by atoms with van der Waals surface area (Å²) in [7, 11) is 1.43. The van der Waals surface area contributed by atoms with Crippen molar-refractivity contribution in [3.8, 4) is 11.5 Å². The number of benzene rings is 1. The average molecular weight is 182 g/mol. The quantitative estimate of drug-likeness (QED) is 0.269. The molecule has 0 aliphatic carbocycles. The number of oxime groups is 1. The van der Waals surface area contributed by atoms with Crippen molar-refractivity contribution < 1.29 is 15.1 Å². The lowest BCUT2D eigenvalue weighted by molar-refractivity contribution is 0.318. The third-order valence-corrected chi connectivity index (χ3v) is 1.57. The van der Waals surface area contributed by atoms with Crippen LogP contribution in [0.25, 0.3) is 0 Å². The first-order valence-corrected chi connectivity index (χ1v) is 3.54. The van der Waals surface area contributed by atoms with Gasteiger partial charge in [0.25, 0.3) is 0 Å². The fraction of sp³-hybridized carbons (Fsp3) is 0.125. The first kappa shape index (κ1) is 9.18. The molecule has 0 saturated heterocycles. The van der Waals surface area contributed by atoms with Gasteiger partial charge < -0.3 is 20.8 Å². The van der Waals surface area contributed by atoms with Crippen LogP contribution in [0, 0.1) is 0 Å². The van der Waals surface area contributed by atoms with Crippen LogP contribution < -0.4 is 10.5 Å². The largest absolute Gasteiger partial charge is 0.508 e. The van der Waals surface area contributed by atoms with Gasteiger partial charge in [-0.15, -0.1) is 0 Å². The standard InChI is InChI=1S/C8H10N2O3/c1-13-7-4-5(11)2-3-6(7)8(9)10-12/h2-4,11-12H,1H3,(H2,9,10). The number of rotatable bonds is 2. The fourth-order valence-electron chi connectivity index (χ4n) is 0.945. The lowest BCUT2D eigenvalue weighted by atomic mass is 10.2. The van der Waals surface area contributed by atoms with Crippen LogP contribution in [-0.4, -0.2) is 23.3 Å². The van der Waals surface area contributed by atoms with Crippen LogP contribution in [0.3, 0.4) is 0 Å². The minimum atomic E-state index is -0.0585. The van der Waals surface area contributed by atoms with Gasteiger partial charge >= 0.3 is 0 Å². The van der Waals surface area contributed by atoms with Crippen LogP contribution in [0.1, 0.15) is 5.56 Å². The number of nitrogens with zero attached hydrogens (tertiary/aromatic N) is 1. The Labute approximate surface area is 75.1 Å². The second kappa shape index (κ2) is 3.66. The van der Waals surface area contributed by atoms with Gasteiger partial charge in [0.1, 0.15) is 11.5 Å². The van der Waals surface area contributed by atoms with E-state index in [0.717, 1.165) is 0 Å². The molecule has 0 fully saturated rings. The molecule has 4 N–H and O–H groups in total. The normalized spacial score (nSPS) is 11.3. The number of ether oxygens (including phenoxy) is 1. The number of phenolic OH excluding ortho intramolecular Hbond substituents is 1. The van der Waals surface area contributed by atoms with Crippen LogP contribution >= 0.6 is 0 Å². The zero-order valence-electron chi connectivity index (χ0n) is 7.06. The molecule has 0 radical (unpaired) electrons. The third-order valence-electron chi connectivity index (χ3n) is 1.57. The molecule has 70 valence electrons. The topological polar surface area (TPSA) is 88.1 Å². The number of nitrogens with two attached hydrogens (primary N) is 1. The van der Waals surface area contributed by atoms with Crippen molar-refractivity contribution in [1.82, 2.24) is 0 Å². The van der Waals surface area contributed by atoms with E-state index in [0.29, 0.717) is 11.3 Å². The molecule has 1 aromatic rings. The van der Waals surface area contributed by atoms with Gasteiger partial charge in [-0.05, 0) is 12.1 Å². The second-order valence-corrected chi connectivity index (χ2v) is 2.37. The highest BCUT2D eigenvalue weighted by Gasteiger charge is 2.07. The molecule has 0 aromatic heterocycles. The van der Waals surface area contributed by atoms with Crippen molar-refractivity contribution in [3.63, 3.8) is 0 Å². The van der Waals surface area contributed by atoms with Crippen LogP contribution in [0.4, 0.5) is 0 Å². The molecule has 0 bridgehead atoms. The summed E-state index contributed by atoms with van der Waals surface area (Å²) in [6.45, 7) is 0. The summed E-state index contributed by atoms with van der Waals surface area (Å²) in [5, 5.41) is 20.4. The van der Waals surface area contributed by atoms with E-state index in [4.69, 9.17) is 20.8 Å². The first-order chi connectivity index (χ1) is 6.19. The molecule has 13 heavy (non-hydrogen) atoms. The van der Waals surface area contributed by atoms with Gasteiger partial charge in [0.15, 0.2) is 5.84 Å². The summed E-state index contributed by atoms with van der Waals surface area (Å²) in [5.41, 5.74) is 5.79. The minimum absolute atomic E-state index is 0.0585. The lowest BCUT2D eigenvalue weighted by Crippen LogP contribution is -2.14. The molecule has 0 amide bonds. The van der Waals surface area contributed by atoms with Crippen LogP contribution in [0.5, 0.6) is 11.5 Å². The van der Waals surface area contributed by atoms with Gasteiger partial charge in [-0.1, -0.05) is 5.16 Å². The van der Waals surface area contributed by atoms with Crippen LogP contribution in [0.2, 0.25) is 0 Å². The highest BCUT2D eigenvalue weighted by atomic mass is 16.5. The first-order valence-electron chi connectivity index (χ1n) is 3.54. The smallest absolute Gasteiger partial charge is 0.173 e. The summed E-state index contributed by atoms with van der Waals surface area (Å²) < 4.78 is 4.92. The van der Waals surface area contributed by atoms with E-state index in [1.165, 1.54) is 25.3 Å². The van der Waals surface area contributed by atoms with Crippen molar-refractivity contribution in [2.75, 3.05) is 7.11 Å². The highest BCUT2D eigenvalue weighted by Crippen LogP contribution is 2.23. The second-order valence-electron chi connectivity index (χ2n) is 2.37. The lowest BCUT2D eigenvalue weighted by Gasteiger charge is -2.06. The van der Waals surface area contributed by atoms with Gasteiger partial charge in [-0.2, -0.15) is 0 Å². The third kappa shape index (κ3) is 1.81. The summed E-state index contributed by atoms with van der Waals surface area (Å²) in [6.07, 6.45) is 0. The summed E-state index contributed by atoms with van der Waals surface area (Å²) in [4.78, 5) is 0. The maximum Gasteiger partial charge on any atom is 0.173 e. The molecule has 0 aliphatic rings. The van der Waals surface area contributed by atoms with Crippen LogP contribution in [-0.2, 0) is 0 Å². The van der Waals surface area contributed by atoms with Gasteiger partial charge in [0.05, 0.1) is 12.7 Å². The maximum absolute atomic E-state index is 9.10. The van der Waals surface area contributed by atoms with Crippen molar-refractivity contribution >= 4 is 5.84 Å². The van der Waals surface area contributed by atoms with Gasteiger partial charge in [-0.25, -0.2) is 0 Å². The molecule has 0 atom stereocenters. The Morgan fingerprint density at radius 2 is 2.23 bits per heavy atom. The van der Waals surface area contributed by atoms with Gasteiger partial charge in [-0.3, -0.25) is 0 Å². The minimum Gasteiger partial charge on any atom is -0.508 e. The maximum atomic E-state index is 9.10. The number of hydrogen-bond donors (Lipinski definition) is 3. The Bertz CT molecular complexity index is 336. The van der Waals surface area contributed by atoms with Gasteiger partial charge in [0, 0.05) is 6.07 Å². The average Bonchev–Trinajstić information content (AvgIpc) is 2.16. The predicted octanol–water partition coefficient (Wildman–Crippen LogP) is 0.495. The highest BCUT2D eigenvalue weighted by molar-refractivity contribution is 5.99. The van der Waals surface area contributed by atoms with Crippen LogP contribution in [0.15, 0.2) is 23.4 Å². The molecule has 0 saturated carbocycles. The zero-order chi connectivity index (χ0) is 9.84. The monoisotopic (exact) mass is 182 g/mol. The van der Waals surface area contributed by atoms with Crippen molar-refractivity contribution in [2.24, 2.45) is 10.9 Å². The van der Waals surface area contributed by atoms with Crippen molar-refractivity contribution in [1.29, 1.82) is 0 Å². The molecule has 0 spiro atoms. The Balaban J connectivity index is 3.21. The van der Waals surface area contributed by atoms with E-state index in [1.807, 2.05) is 0 Å².